The number of carbonyl (C=O) groups excluding carboxylic acids is 2. The predicted octanol–water partition coefficient (Wildman–Crippen LogP) is 2.22. The van der Waals surface area contributed by atoms with Crippen molar-refractivity contribution in [2.24, 2.45) is 0 Å². The van der Waals surface area contributed by atoms with E-state index < -0.39 is 11.8 Å². The quantitative estimate of drug-likeness (QED) is 0.416. The highest BCUT2D eigenvalue weighted by Crippen LogP contribution is 2.27. The van der Waals surface area contributed by atoms with Crippen LogP contribution in [0.5, 0.6) is 0 Å². The lowest BCUT2D eigenvalue weighted by Crippen LogP contribution is -2.51. The van der Waals surface area contributed by atoms with Gasteiger partial charge in [0, 0.05) is 11.8 Å². The van der Waals surface area contributed by atoms with E-state index in [-0.39, 0.29) is 10.7 Å². The molecule has 3 aromatic rings. The molecule has 1 aliphatic heterocycles. The van der Waals surface area contributed by atoms with Crippen LogP contribution in [0.25, 0.3) is 23.0 Å². The van der Waals surface area contributed by atoms with Crippen LogP contribution in [0, 0.1) is 6.92 Å². The molecule has 1 aromatic carbocycles. The molecule has 0 bridgehead atoms. The third-order valence-corrected chi connectivity index (χ3v) is 4.32. The summed E-state index contributed by atoms with van der Waals surface area (Å²) >= 11 is 4.84. The topological polar surface area (TPSA) is 75.5 Å². The maximum Gasteiger partial charge on any atom is 0.263 e. The Bertz CT molecular complexity index is 1070. The lowest BCUT2D eigenvalue weighted by atomic mass is 10.1. The van der Waals surface area contributed by atoms with Crippen LogP contribution >= 0.6 is 12.2 Å². The van der Waals surface area contributed by atoms with Gasteiger partial charge in [-0.25, -0.2) is 4.98 Å². The third-order valence-electron chi connectivity index (χ3n) is 4.12. The van der Waals surface area contributed by atoms with E-state index in [1.54, 1.807) is 6.08 Å². The second-order valence-electron chi connectivity index (χ2n) is 5.94. The van der Waals surface area contributed by atoms with Gasteiger partial charge >= 0.3 is 0 Å². The monoisotopic (exact) mass is 362 g/mol. The molecule has 4 rings (SSSR count). The minimum atomic E-state index is -0.528. The molecule has 7 heteroatoms. The summed E-state index contributed by atoms with van der Waals surface area (Å²) in [7, 11) is 0. The Labute approximate surface area is 154 Å². The van der Waals surface area contributed by atoms with Crippen molar-refractivity contribution in [3.8, 4) is 11.3 Å². The van der Waals surface area contributed by atoms with E-state index >= 15 is 0 Å². The van der Waals surface area contributed by atoms with E-state index in [0.717, 1.165) is 16.8 Å². The minimum absolute atomic E-state index is 0.00838. The fraction of sp³-hybridized carbons (Fsp3) is 0.0526. The summed E-state index contributed by atoms with van der Waals surface area (Å²) < 4.78 is 1.84. The molecule has 128 valence electrons. The number of thiocarbonyl (C=S) groups is 1. The van der Waals surface area contributed by atoms with Crippen LogP contribution in [0.2, 0.25) is 0 Å². The van der Waals surface area contributed by atoms with Gasteiger partial charge in [-0.05, 0) is 37.4 Å². The van der Waals surface area contributed by atoms with Crippen LogP contribution in [0.15, 0.2) is 54.2 Å². The maximum absolute atomic E-state index is 12.2. The van der Waals surface area contributed by atoms with E-state index in [0.29, 0.717) is 11.4 Å². The predicted molar refractivity (Wildman–Crippen MR) is 102 cm³/mol. The molecule has 2 aromatic heterocycles. The lowest BCUT2D eigenvalue weighted by Gasteiger charge is -2.16. The first-order valence-electron chi connectivity index (χ1n) is 7.95. The molecule has 1 fully saturated rings. The van der Waals surface area contributed by atoms with Crippen molar-refractivity contribution in [1.29, 1.82) is 0 Å². The Morgan fingerprint density at radius 3 is 2.42 bits per heavy atom. The summed E-state index contributed by atoms with van der Waals surface area (Å²) in [5.41, 5.74) is 4.09. The Kier molecular flexibility index (Phi) is 3.85. The molecular formula is C19H14N4O2S. The van der Waals surface area contributed by atoms with Crippen LogP contribution < -0.4 is 10.6 Å². The van der Waals surface area contributed by atoms with Crippen LogP contribution in [0.4, 0.5) is 0 Å². The van der Waals surface area contributed by atoms with E-state index in [2.05, 4.69) is 15.6 Å². The molecule has 2 N–H and O–H groups in total. The number of carbonyl (C=O) groups is 2. The SMILES string of the molecule is Cc1ccc(-c2nc3ccccn3c2C=C2C(=O)NC(=S)NC2=O)cc1. The van der Waals surface area contributed by atoms with Gasteiger partial charge in [0.05, 0.1) is 11.4 Å². The highest BCUT2D eigenvalue weighted by Gasteiger charge is 2.27. The summed E-state index contributed by atoms with van der Waals surface area (Å²) in [5, 5.41) is 4.91. The molecule has 0 saturated carbocycles. The number of rotatable bonds is 2. The molecular weight excluding hydrogens is 348 g/mol. The molecule has 0 aliphatic carbocycles. The van der Waals surface area contributed by atoms with Crippen LogP contribution in [-0.2, 0) is 9.59 Å². The summed E-state index contributed by atoms with van der Waals surface area (Å²) in [5.74, 6) is -1.06. The number of pyridine rings is 1. The average Bonchev–Trinajstić information content (AvgIpc) is 2.97. The molecule has 1 aliphatic rings. The maximum atomic E-state index is 12.2. The van der Waals surface area contributed by atoms with Gasteiger partial charge in [0.25, 0.3) is 11.8 Å². The molecule has 1 saturated heterocycles. The van der Waals surface area contributed by atoms with E-state index in [4.69, 9.17) is 12.2 Å². The van der Waals surface area contributed by atoms with Gasteiger partial charge in [0.1, 0.15) is 11.2 Å². The number of aryl methyl sites for hydroxylation is 1. The molecule has 6 nitrogen and oxygen atoms in total. The normalized spacial score (nSPS) is 14.3. The molecule has 0 unspecified atom stereocenters. The standard InChI is InChI=1S/C19H14N4O2S/c1-11-5-7-12(8-6-11)16-14(23-9-3-2-4-15(23)20-16)10-13-17(24)21-19(26)22-18(13)25/h2-10H,1H3,(H2,21,22,24,25,26). The molecule has 3 heterocycles. The van der Waals surface area contributed by atoms with Crippen LogP contribution in [0.3, 0.4) is 0 Å². The van der Waals surface area contributed by atoms with Gasteiger partial charge in [-0.1, -0.05) is 35.9 Å². The van der Waals surface area contributed by atoms with Gasteiger partial charge < -0.3 is 0 Å². The molecule has 26 heavy (non-hydrogen) atoms. The van der Waals surface area contributed by atoms with Gasteiger partial charge in [-0.15, -0.1) is 0 Å². The first-order valence-corrected chi connectivity index (χ1v) is 8.36. The van der Waals surface area contributed by atoms with Crippen molar-refractivity contribution >= 4 is 40.9 Å². The Morgan fingerprint density at radius 2 is 1.73 bits per heavy atom. The molecule has 0 spiro atoms. The van der Waals surface area contributed by atoms with Crippen molar-refractivity contribution in [2.45, 2.75) is 6.92 Å². The van der Waals surface area contributed by atoms with Gasteiger partial charge in [-0.2, -0.15) is 0 Å². The van der Waals surface area contributed by atoms with Gasteiger partial charge in [0.2, 0.25) is 0 Å². The zero-order valence-corrected chi connectivity index (χ0v) is 14.6. The Morgan fingerprint density at radius 1 is 1.04 bits per heavy atom. The lowest BCUT2D eigenvalue weighted by molar-refractivity contribution is -0.123. The fourth-order valence-corrected chi connectivity index (χ4v) is 3.01. The smallest absolute Gasteiger partial charge is 0.263 e. The molecule has 0 atom stereocenters. The van der Waals surface area contributed by atoms with Crippen molar-refractivity contribution in [3.05, 3.63) is 65.5 Å². The van der Waals surface area contributed by atoms with Crippen molar-refractivity contribution in [1.82, 2.24) is 20.0 Å². The van der Waals surface area contributed by atoms with Crippen LogP contribution in [0.1, 0.15) is 11.3 Å². The van der Waals surface area contributed by atoms with E-state index in [1.165, 1.54) is 0 Å². The molecule has 2 amide bonds. The first-order chi connectivity index (χ1) is 12.5. The summed E-state index contributed by atoms with van der Waals surface area (Å²) in [6, 6.07) is 13.5. The van der Waals surface area contributed by atoms with Crippen molar-refractivity contribution in [2.75, 3.05) is 0 Å². The third kappa shape index (κ3) is 2.78. The van der Waals surface area contributed by atoms with E-state index in [9.17, 15) is 9.59 Å². The second-order valence-corrected chi connectivity index (χ2v) is 6.34. The highest BCUT2D eigenvalue weighted by atomic mass is 32.1. The number of aromatic nitrogens is 2. The number of nitrogens with zero attached hydrogens (tertiary/aromatic N) is 2. The summed E-state index contributed by atoms with van der Waals surface area (Å²) in [4.78, 5) is 29.1. The zero-order chi connectivity index (χ0) is 18.3. The van der Waals surface area contributed by atoms with Crippen molar-refractivity contribution in [3.63, 3.8) is 0 Å². The summed E-state index contributed by atoms with van der Waals surface area (Å²) in [6.07, 6.45) is 3.39. The largest absolute Gasteiger partial charge is 0.300 e. The van der Waals surface area contributed by atoms with Crippen LogP contribution in [-0.4, -0.2) is 26.3 Å². The number of nitrogens with one attached hydrogen (secondary N) is 2. The zero-order valence-electron chi connectivity index (χ0n) is 13.8. The number of hydrogen-bond donors (Lipinski definition) is 2. The average molecular weight is 362 g/mol. The number of fused-ring (bicyclic) bond motifs is 1. The Hall–Kier alpha value is -3.32. The first kappa shape index (κ1) is 16.2. The number of amides is 2. The van der Waals surface area contributed by atoms with E-state index in [1.807, 2.05) is 60.0 Å². The number of hydrogen-bond acceptors (Lipinski definition) is 4. The number of benzene rings is 1. The summed E-state index contributed by atoms with van der Waals surface area (Å²) in [6.45, 7) is 2.01. The van der Waals surface area contributed by atoms with Crippen molar-refractivity contribution < 1.29 is 9.59 Å². The molecule has 0 radical (unpaired) electrons. The number of imidazole rings is 1. The fourth-order valence-electron chi connectivity index (χ4n) is 2.82. The van der Waals surface area contributed by atoms with Gasteiger partial charge in [-0.3, -0.25) is 24.6 Å². The minimum Gasteiger partial charge on any atom is -0.300 e. The van der Waals surface area contributed by atoms with Gasteiger partial charge in [0.15, 0.2) is 5.11 Å². The highest BCUT2D eigenvalue weighted by molar-refractivity contribution is 7.80. The Balaban J connectivity index is 1.93. The second kappa shape index (κ2) is 6.20.